The predicted octanol–water partition coefficient (Wildman–Crippen LogP) is 1.07. The van der Waals surface area contributed by atoms with E-state index >= 15 is 0 Å². The van der Waals surface area contributed by atoms with Gasteiger partial charge in [0, 0.05) is 6.54 Å². The molecule has 20 heavy (non-hydrogen) atoms. The summed E-state index contributed by atoms with van der Waals surface area (Å²) in [6.45, 7) is 7.91. The first-order valence-electron chi connectivity index (χ1n) is 6.70. The Labute approximate surface area is 123 Å². The Kier molecular flexibility index (Phi) is 4.16. The van der Waals surface area contributed by atoms with Gasteiger partial charge in [0.15, 0.2) is 0 Å². The number of morpholine rings is 1. The lowest BCUT2D eigenvalue weighted by Gasteiger charge is -2.53. The fraction of sp³-hybridized carbons (Fsp3) is 0.846. The Hall–Kier alpha value is -1.01. The smallest absolute Gasteiger partial charge is 0.410 e. The first-order chi connectivity index (χ1) is 9.25. The maximum atomic E-state index is 12.1. The van der Waals surface area contributed by atoms with Crippen LogP contribution < -0.4 is 0 Å². The van der Waals surface area contributed by atoms with Gasteiger partial charge in [-0.3, -0.25) is 4.79 Å². The van der Waals surface area contributed by atoms with Crippen molar-refractivity contribution in [2.45, 2.75) is 32.0 Å². The number of likely N-dealkylation sites (tertiary alicyclic amines) is 1. The molecule has 0 aromatic heterocycles. The SMILES string of the molecule is CC(C)(C)OC(=O)N1CCOC2(CN(C(=O)CCl)C2)C1. The van der Waals surface area contributed by atoms with Crippen molar-refractivity contribution in [3.63, 3.8) is 0 Å². The molecule has 0 atom stereocenters. The van der Waals surface area contributed by atoms with E-state index in [2.05, 4.69) is 0 Å². The van der Waals surface area contributed by atoms with E-state index in [1.54, 1.807) is 9.80 Å². The monoisotopic (exact) mass is 304 g/mol. The summed E-state index contributed by atoms with van der Waals surface area (Å²) >= 11 is 5.52. The Morgan fingerprint density at radius 2 is 1.85 bits per heavy atom. The van der Waals surface area contributed by atoms with Crippen molar-refractivity contribution < 1.29 is 19.1 Å². The van der Waals surface area contributed by atoms with Gasteiger partial charge in [-0.25, -0.2) is 4.79 Å². The van der Waals surface area contributed by atoms with Crippen LogP contribution in [0.25, 0.3) is 0 Å². The summed E-state index contributed by atoms with van der Waals surface area (Å²) in [6.07, 6.45) is -0.331. The number of halogens is 1. The lowest BCUT2D eigenvalue weighted by atomic mass is 9.92. The molecule has 0 N–H and O–H groups in total. The van der Waals surface area contributed by atoms with Crippen molar-refractivity contribution in [1.82, 2.24) is 9.80 Å². The van der Waals surface area contributed by atoms with Crippen LogP contribution in [0, 0.1) is 0 Å². The van der Waals surface area contributed by atoms with E-state index in [1.807, 2.05) is 20.8 Å². The van der Waals surface area contributed by atoms with Crippen LogP contribution in [0.3, 0.4) is 0 Å². The second kappa shape index (κ2) is 5.41. The molecule has 0 unspecified atom stereocenters. The van der Waals surface area contributed by atoms with E-state index in [1.165, 1.54) is 0 Å². The Morgan fingerprint density at radius 3 is 2.40 bits per heavy atom. The number of hydrogen-bond donors (Lipinski definition) is 0. The Morgan fingerprint density at radius 1 is 1.25 bits per heavy atom. The summed E-state index contributed by atoms with van der Waals surface area (Å²) in [4.78, 5) is 26.8. The Balaban J connectivity index is 1.90. The van der Waals surface area contributed by atoms with E-state index in [-0.39, 0.29) is 17.9 Å². The summed E-state index contributed by atoms with van der Waals surface area (Å²) < 4.78 is 11.1. The maximum Gasteiger partial charge on any atom is 0.410 e. The largest absolute Gasteiger partial charge is 0.444 e. The second-order valence-corrected chi connectivity index (χ2v) is 6.58. The number of nitrogens with zero attached hydrogens (tertiary/aromatic N) is 2. The van der Waals surface area contributed by atoms with Crippen molar-refractivity contribution in [3.8, 4) is 0 Å². The molecule has 2 rings (SSSR count). The molecule has 2 fully saturated rings. The molecule has 2 amide bonds. The molecule has 0 saturated carbocycles. The molecule has 0 aliphatic carbocycles. The number of carbonyl (C=O) groups excluding carboxylic acids is 2. The minimum Gasteiger partial charge on any atom is -0.444 e. The van der Waals surface area contributed by atoms with Crippen LogP contribution in [0.4, 0.5) is 4.79 Å². The van der Waals surface area contributed by atoms with Crippen LogP contribution in [0.2, 0.25) is 0 Å². The second-order valence-electron chi connectivity index (χ2n) is 6.32. The number of ether oxygens (including phenoxy) is 2. The number of rotatable bonds is 1. The minimum absolute atomic E-state index is 0.0220. The third-order valence-corrected chi connectivity index (χ3v) is 3.55. The zero-order valence-electron chi connectivity index (χ0n) is 12.1. The lowest BCUT2D eigenvalue weighted by molar-refractivity contribution is -0.187. The molecule has 2 aliphatic heterocycles. The van der Waals surface area contributed by atoms with Crippen molar-refractivity contribution in [3.05, 3.63) is 0 Å². The van der Waals surface area contributed by atoms with Gasteiger partial charge in [0.2, 0.25) is 5.91 Å². The summed E-state index contributed by atoms with van der Waals surface area (Å²) in [5.41, 5.74) is -0.959. The highest BCUT2D eigenvalue weighted by Gasteiger charge is 2.50. The summed E-state index contributed by atoms with van der Waals surface area (Å²) in [5.74, 6) is -0.124. The number of carbonyl (C=O) groups is 2. The molecular weight excluding hydrogens is 284 g/mol. The fourth-order valence-corrected chi connectivity index (χ4v) is 2.60. The standard InChI is InChI=1S/C13H21ClN2O4/c1-12(2,3)20-11(18)15-4-5-19-13(7-15)8-16(9-13)10(17)6-14/h4-9H2,1-3H3. The molecule has 0 aromatic carbocycles. The van der Waals surface area contributed by atoms with Crippen LogP contribution in [0.1, 0.15) is 20.8 Å². The molecule has 2 aliphatic rings. The molecule has 7 heteroatoms. The molecule has 1 spiro atoms. The highest BCUT2D eigenvalue weighted by atomic mass is 35.5. The normalized spacial score (nSPS) is 21.6. The van der Waals surface area contributed by atoms with Gasteiger partial charge in [0.25, 0.3) is 0 Å². The van der Waals surface area contributed by atoms with Crippen LogP contribution in [-0.4, -0.2) is 71.7 Å². The van der Waals surface area contributed by atoms with Crippen LogP contribution in [-0.2, 0) is 14.3 Å². The molecule has 0 aromatic rings. The van der Waals surface area contributed by atoms with Gasteiger partial charge in [0.1, 0.15) is 17.1 Å². The topological polar surface area (TPSA) is 59.1 Å². The van der Waals surface area contributed by atoms with Crippen LogP contribution in [0.5, 0.6) is 0 Å². The van der Waals surface area contributed by atoms with Gasteiger partial charge >= 0.3 is 6.09 Å². The van der Waals surface area contributed by atoms with Crippen molar-refractivity contribution in [2.75, 3.05) is 38.7 Å². The van der Waals surface area contributed by atoms with E-state index in [9.17, 15) is 9.59 Å². The van der Waals surface area contributed by atoms with E-state index < -0.39 is 11.2 Å². The zero-order chi connectivity index (χ0) is 15.0. The quantitative estimate of drug-likeness (QED) is 0.680. The van der Waals surface area contributed by atoms with Gasteiger partial charge < -0.3 is 19.3 Å². The highest BCUT2D eigenvalue weighted by molar-refractivity contribution is 6.27. The van der Waals surface area contributed by atoms with Gasteiger partial charge in [-0.1, -0.05) is 0 Å². The van der Waals surface area contributed by atoms with Crippen molar-refractivity contribution in [1.29, 1.82) is 0 Å². The number of amides is 2. The molecule has 2 heterocycles. The molecule has 0 radical (unpaired) electrons. The van der Waals surface area contributed by atoms with Crippen molar-refractivity contribution >= 4 is 23.6 Å². The average molecular weight is 305 g/mol. The average Bonchev–Trinajstić information content (AvgIpc) is 2.33. The lowest BCUT2D eigenvalue weighted by Crippen LogP contribution is -2.71. The third kappa shape index (κ3) is 3.35. The first-order valence-corrected chi connectivity index (χ1v) is 7.24. The van der Waals surface area contributed by atoms with E-state index in [0.717, 1.165) is 0 Å². The van der Waals surface area contributed by atoms with Gasteiger partial charge in [-0.2, -0.15) is 0 Å². The molecule has 0 bridgehead atoms. The number of alkyl halides is 1. The van der Waals surface area contributed by atoms with Gasteiger partial charge in [-0.05, 0) is 20.8 Å². The third-order valence-electron chi connectivity index (χ3n) is 3.33. The highest BCUT2D eigenvalue weighted by Crippen LogP contribution is 2.30. The molecule has 6 nitrogen and oxygen atoms in total. The van der Waals surface area contributed by atoms with Crippen LogP contribution in [0.15, 0.2) is 0 Å². The van der Waals surface area contributed by atoms with Gasteiger partial charge in [-0.15, -0.1) is 11.6 Å². The molecule has 114 valence electrons. The summed E-state index contributed by atoms with van der Waals surface area (Å²) in [7, 11) is 0. The van der Waals surface area contributed by atoms with E-state index in [0.29, 0.717) is 32.8 Å². The predicted molar refractivity (Wildman–Crippen MR) is 73.8 cm³/mol. The zero-order valence-corrected chi connectivity index (χ0v) is 12.9. The first kappa shape index (κ1) is 15.4. The van der Waals surface area contributed by atoms with Gasteiger partial charge in [0.05, 0.1) is 26.2 Å². The maximum absolute atomic E-state index is 12.1. The molecular formula is C13H21ClN2O4. The van der Waals surface area contributed by atoms with Crippen LogP contribution >= 0.6 is 11.6 Å². The molecule has 2 saturated heterocycles. The fourth-order valence-electron chi connectivity index (χ4n) is 2.43. The van der Waals surface area contributed by atoms with Crippen molar-refractivity contribution in [2.24, 2.45) is 0 Å². The Bertz CT molecular complexity index is 402. The number of hydrogen-bond acceptors (Lipinski definition) is 4. The summed E-state index contributed by atoms with van der Waals surface area (Å²) in [6, 6.07) is 0. The van der Waals surface area contributed by atoms with E-state index in [4.69, 9.17) is 21.1 Å². The minimum atomic E-state index is -0.511. The summed E-state index contributed by atoms with van der Waals surface area (Å²) in [5, 5.41) is 0.